The molecule has 34 heavy (non-hydrogen) atoms. The number of benzene rings is 2. The monoisotopic (exact) mass is 521 g/mol. The molecule has 0 spiro atoms. The molecule has 0 aromatic heterocycles. The fourth-order valence-corrected chi connectivity index (χ4v) is 5.79. The molecule has 2 aromatic carbocycles. The van der Waals surface area contributed by atoms with E-state index in [4.69, 9.17) is 0 Å². The second kappa shape index (κ2) is 9.23. The van der Waals surface area contributed by atoms with Gasteiger partial charge in [-0.25, -0.2) is 26.4 Å². The maximum Gasteiger partial charge on any atom is 0.416 e. The first-order valence-electron chi connectivity index (χ1n) is 9.52. The highest BCUT2D eigenvalue weighted by molar-refractivity contribution is 7.90. The lowest BCUT2D eigenvalue weighted by Gasteiger charge is -2.38. The van der Waals surface area contributed by atoms with E-state index >= 15 is 0 Å². The van der Waals surface area contributed by atoms with Crippen LogP contribution in [0.15, 0.2) is 64.4 Å². The summed E-state index contributed by atoms with van der Waals surface area (Å²) in [6.07, 6.45) is -4.69. The number of nitrogens with zero attached hydrogens (tertiary/aromatic N) is 2. The quantitative estimate of drug-likeness (QED) is 0.608. The van der Waals surface area contributed by atoms with Gasteiger partial charge in [0.05, 0.1) is 15.4 Å². The Bertz CT molecular complexity index is 1280. The molecule has 184 valence electrons. The molecule has 0 saturated carbocycles. The Kier molecular flexibility index (Phi) is 6.91. The zero-order valence-electron chi connectivity index (χ0n) is 17.1. The fraction of sp³-hybridized carbons (Fsp3) is 0.263. The lowest BCUT2D eigenvalue weighted by molar-refractivity contribution is -0.142. The van der Waals surface area contributed by atoms with Crippen molar-refractivity contribution in [3.05, 3.63) is 60.2 Å². The molecule has 1 aliphatic heterocycles. The molecule has 2 N–H and O–H groups in total. The molecule has 1 saturated heterocycles. The molecule has 0 bridgehead atoms. The Hall–Kier alpha value is -3.17. The van der Waals surface area contributed by atoms with E-state index in [0.717, 1.165) is 4.90 Å². The highest BCUT2D eigenvalue weighted by atomic mass is 32.2. The van der Waals surface area contributed by atoms with Crippen LogP contribution in [0.1, 0.15) is 5.56 Å². The number of hydrogen-bond donors (Lipinski definition) is 2. The van der Waals surface area contributed by atoms with Gasteiger partial charge in [0.1, 0.15) is 6.04 Å². The average Bonchev–Trinajstić information content (AvgIpc) is 2.78. The third-order valence-electron chi connectivity index (χ3n) is 4.97. The van der Waals surface area contributed by atoms with Crippen molar-refractivity contribution in [2.24, 2.45) is 0 Å². The lowest BCUT2D eigenvalue weighted by atomic mass is 10.2. The first-order valence-corrected chi connectivity index (χ1v) is 12.4. The van der Waals surface area contributed by atoms with Gasteiger partial charge in [-0.15, -0.1) is 0 Å². The van der Waals surface area contributed by atoms with Crippen LogP contribution < -0.4 is 4.72 Å². The number of urea groups is 1. The van der Waals surface area contributed by atoms with Crippen molar-refractivity contribution in [2.45, 2.75) is 22.0 Å². The van der Waals surface area contributed by atoms with E-state index in [2.05, 4.69) is 0 Å². The van der Waals surface area contributed by atoms with Crippen molar-refractivity contribution in [3.8, 4) is 0 Å². The molecule has 0 unspecified atom stereocenters. The van der Waals surface area contributed by atoms with E-state index in [1.165, 1.54) is 24.3 Å². The molecule has 10 nitrogen and oxygen atoms in total. The van der Waals surface area contributed by atoms with Crippen molar-refractivity contribution < 1.29 is 44.7 Å². The smallest absolute Gasteiger partial charge is 0.416 e. The number of carboxylic acid groups (broad SMARTS) is 1. The molecule has 15 heteroatoms. The molecule has 1 heterocycles. The number of alkyl halides is 3. The number of hydrogen-bond acceptors (Lipinski definition) is 6. The number of piperazine rings is 1. The standard InChI is InChI=1S/C19H18F3N3O7S2/c20-19(21,22)13-6-8-15(9-7-13)34(31,32)25-11-10-24(12-16(25)17(26)27)18(28)23-33(29,30)14-4-2-1-3-5-14/h1-9,16H,10-12H2,(H,23,28)(H,26,27)/t16-/m1/s1. The summed E-state index contributed by atoms with van der Waals surface area (Å²) in [5, 5.41) is 9.55. The summed E-state index contributed by atoms with van der Waals surface area (Å²) in [4.78, 5) is 24.3. The van der Waals surface area contributed by atoms with Crippen LogP contribution in [0.4, 0.5) is 18.0 Å². The summed E-state index contributed by atoms with van der Waals surface area (Å²) in [6.45, 7) is -1.58. The topological polar surface area (TPSA) is 141 Å². The van der Waals surface area contributed by atoms with Crippen molar-refractivity contribution in [2.75, 3.05) is 19.6 Å². The number of nitrogens with one attached hydrogen (secondary N) is 1. The van der Waals surface area contributed by atoms with E-state index < -0.39 is 67.8 Å². The number of carbonyl (C=O) groups is 2. The van der Waals surface area contributed by atoms with Crippen LogP contribution in [0.3, 0.4) is 0 Å². The molecular formula is C19H18F3N3O7S2. The second-order valence-electron chi connectivity index (χ2n) is 7.16. The zero-order chi connectivity index (χ0) is 25.3. The maximum atomic E-state index is 12.9. The van der Waals surface area contributed by atoms with E-state index in [1.54, 1.807) is 10.8 Å². The SMILES string of the molecule is O=C(O)[C@H]1CN(C(=O)NS(=O)(=O)c2ccccc2)CCN1S(=O)(=O)c1ccc(C(F)(F)F)cc1. The van der Waals surface area contributed by atoms with Crippen LogP contribution in [0.25, 0.3) is 0 Å². The predicted octanol–water partition coefficient (Wildman–Crippen LogP) is 1.56. The summed E-state index contributed by atoms with van der Waals surface area (Å²) >= 11 is 0. The molecule has 1 fully saturated rings. The van der Waals surface area contributed by atoms with Gasteiger partial charge in [0.2, 0.25) is 10.0 Å². The Morgan fingerprint density at radius 3 is 2.03 bits per heavy atom. The molecule has 0 aliphatic carbocycles. The minimum absolute atomic E-state index is 0.207. The van der Waals surface area contributed by atoms with Gasteiger partial charge >= 0.3 is 18.2 Å². The van der Waals surface area contributed by atoms with E-state index in [1.807, 2.05) is 0 Å². The summed E-state index contributed by atoms with van der Waals surface area (Å²) in [7, 11) is -8.80. The maximum absolute atomic E-state index is 12.9. The average molecular weight is 521 g/mol. The molecular weight excluding hydrogens is 503 g/mol. The first-order chi connectivity index (χ1) is 15.7. The minimum Gasteiger partial charge on any atom is -0.480 e. The summed E-state index contributed by atoms with van der Waals surface area (Å²) in [5.41, 5.74) is -1.08. The van der Waals surface area contributed by atoms with Crippen LogP contribution in [0, 0.1) is 0 Å². The summed E-state index contributed by atoms with van der Waals surface area (Å²) in [5.74, 6) is -1.63. The van der Waals surface area contributed by atoms with Gasteiger partial charge in [-0.1, -0.05) is 18.2 Å². The number of amides is 2. The van der Waals surface area contributed by atoms with Crippen LogP contribution in [0.5, 0.6) is 0 Å². The van der Waals surface area contributed by atoms with Crippen molar-refractivity contribution >= 4 is 32.0 Å². The third kappa shape index (κ3) is 5.31. The highest BCUT2D eigenvalue weighted by Gasteiger charge is 2.42. The summed E-state index contributed by atoms with van der Waals surface area (Å²) in [6, 6.07) is 6.50. The molecule has 0 radical (unpaired) electrons. The first kappa shape index (κ1) is 25.5. The van der Waals surface area contributed by atoms with Gasteiger partial charge < -0.3 is 10.0 Å². The molecule has 2 aromatic rings. The molecule has 3 rings (SSSR count). The Morgan fingerprint density at radius 2 is 1.50 bits per heavy atom. The zero-order valence-corrected chi connectivity index (χ0v) is 18.8. The van der Waals surface area contributed by atoms with Crippen LogP contribution in [0.2, 0.25) is 0 Å². The van der Waals surface area contributed by atoms with E-state index in [9.17, 15) is 44.7 Å². The second-order valence-corrected chi connectivity index (χ2v) is 10.7. The number of aliphatic carboxylic acids is 1. The minimum atomic E-state index is -4.69. The number of rotatable bonds is 5. The largest absolute Gasteiger partial charge is 0.480 e. The van der Waals surface area contributed by atoms with Crippen molar-refractivity contribution in [1.29, 1.82) is 0 Å². The number of carbonyl (C=O) groups excluding carboxylic acids is 1. The predicted molar refractivity (Wildman–Crippen MR) is 110 cm³/mol. The van der Waals surface area contributed by atoms with Gasteiger partial charge in [-0.05, 0) is 36.4 Å². The molecule has 2 amide bonds. The van der Waals surface area contributed by atoms with Crippen LogP contribution in [-0.2, 0) is 31.0 Å². The van der Waals surface area contributed by atoms with Crippen LogP contribution in [-0.4, -0.2) is 68.8 Å². The van der Waals surface area contributed by atoms with Gasteiger partial charge in [0, 0.05) is 19.6 Å². The number of halogens is 3. The lowest BCUT2D eigenvalue weighted by Crippen LogP contribution is -2.60. The van der Waals surface area contributed by atoms with Gasteiger partial charge in [-0.2, -0.15) is 17.5 Å². The Morgan fingerprint density at radius 1 is 0.912 bits per heavy atom. The van der Waals surface area contributed by atoms with Crippen molar-refractivity contribution in [3.63, 3.8) is 0 Å². The van der Waals surface area contributed by atoms with Crippen LogP contribution >= 0.6 is 0 Å². The highest BCUT2D eigenvalue weighted by Crippen LogP contribution is 2.31. The number of sulfonamides is 2. The van der Waals surface area contributed by atoms with Gasteiger partial charge in [0.15, 0.2) is 0 Å². The van der Waals surface area contributed by atoms with Gasteiger partial charge in [0.25, 0.3) is 10.0 Å². The molecule has 1 atom stereocenters. The Balaban J connectivity index is 1.79. The summed E-state index contributed by atoms with van der Waals surface area (Å²) < 4.78 is 91.2. The fourth-order valence-electron chi connectivity index (χ4n) is 3.23. The normalized spacial score (nSPS) is 17.9. The van der Waals surface area contributed by atoms with Gasteiger partial charge in [-0.3, -0.25) is 4.79 Å². The third-order valence-corrected chi connectivity index (χ3v) is 8.23. The Labute approximate surface area is 192 Å². The van der Waals surface area contributed by atoms with E-state index in [-0.39, 0.29) is 11.4 Å². The van der Waals surface area contributed by atoms with E-state index in [0.29, 0.717) is 28.6 Å². The van der Waals surface area contributed by atoms with Crippen molar-refractivity contribution in [1.82, 2.24) is 13.9 Å². The number of carboxylic acids is 1. The molecule has 1 aliphatic rings.